The fraction of sp³-hybridized carbons (Fsp3) is 0.357. The fourth-order valence-electron chi connectivity index (χ4n) is 4.90. The highest BCUT2D eigenvalue weighted by Gasteiger charge is 2.36. The molecule has 0 unspecified atom stereocenters. The van der Waals surface area contributed by atoms with Crippen molar-refractivity contribution in [2.24, 2.45) is 0 Å². The largest absolute Gasteiger partial charge is 0.496 e. The predicted molar refractivity (Wildman–Crippen MR) is 135 cm³/mol. The zero-order chi connectivity index (χ0) is 24.4. The first-order valence-corrected chi connectivity index (χ1v) is 12.1. The van der Waals surface area contributed by atoms with Crippen molar-refractivity contribution in [2.45, 2.75) is 38.4 Å². The molecule has 3 aromatic rings. The summed E-state index contributed by atoms with van der Waals surface area (Å²) in [5.74, 6) is 1.37. The second-order valence-corrected chi connectivity index (χ2v) is 9.09. The highest BCUT2D eigenvalue weighted by molar-refractivity contribution is 5.97. The van der Waals surface area contributed by atoms with E-state index in [1.165, 1.54) is 11.3 Å². The van der Waals surface area contributed by atoms with E-state index in [0.29, 0.717) is 17.9 Å². The molecule has 1 amide bonds. The summed E-state index contributed by atoms with van der Waals surface area (Å²) >= 11 is 0. The smallest absolute Gasteiger partial charge is 0.258 e. The number of rotatable bonds is 9. The maximum atomic E-state index is 13.7. The number of ether oxygens (including phenoxy) is 2. The molecule has 1 aliphatic carbocycles. The van der Waals surface area contributed by atoms with Crippen LogP contribution in [-0.4, -0.2) is 58.8 Å². The van der Waals surface area contributed by atoms with Crippen LogP contribution in [0.3, 0.4) is 0 Å². The number of amides is 1. The van der Waals surface area contributed by atoms with Crippen LogP contribution in [0.1, 0.15) is 40.2 Å². The quantitative estimate of drug-likeness (QED) is 0.436. The van der Waals surface area contributed by atoms with Gasteiger partial charge in [0.05, 0.1) is 37.7 Å². The van der Waals surface area contributed by atoms with E-state index in [-0.39, 0.29) is 11.9 Å². The molecule has 0 atom stereocenters. The van der Waals surface area contributed by atoms with E-state index in [1.807, 2.05) is 64.2 Å². The van der Waals surface area contributed by atoms with Crippen LogP contribution in [0.5, 0.6) is 11.5 Å². The monoisotopic (exact) mass is 472 g/mol. The maximum absolute atomic E-state index is 13.7. The average Bonchev–Trinajstić information content (AvgIpc) is 3.68. The van der Waals surface area contributed by atoms with Crippen LogP contribution < -0.4 is 9.47 Å². The molecule has 2 heterocycles. The van der Waals surface area contributed by atoms with Gasteiger partial charge in [0.15, 0.2) is 0 Å². The van der Waals surface area contributed by atoms with Crippen molar-refractivity contribution in [2.75, 3.05) is 27.3 Å². The molecular weight excluding hydrogens is 440 g/mol. The molecule has 1 saturated carbocycles. The third-order valence-electron chi connectivity index (χ3n) is 6.83. The Bertz CT molecular complexity index is 1230. The molecule has 1 aromatic heterocycles. The predicted octanol–water partition coefficient (Wildman–Crippen LogP) is 4.24. The van der Waals surface area contributed by atoms with Crippen LogP contribution in [0.2, 0.25) is 0 Å². The summed E-state index contributed by atoms with van der Waals surface area (Å²) in [6, 6.07) is 15.6. The van der Waals surface area contributed by atoms with Crippen molar-refractivity contribution in [1.82, 2.24) is 19.6 Å². The molecular formula is C28H32N4O3. The fourth-order valence-corrected chi connectivity index (χ4v) is 4.90. The van der Waals surface area contributed by atoms with Crippen LogP contribution in [0.4, 0.5) is 0 Å². The van der Waals surface area contributed by atoms with Crippen LogP contribution in [0.15, 0.2) is 61.2 Å². The summed E-state index contributed by atoms with van der Waals surface area (Å²) in [6.45, 7) is 6.93. The second-order valence-electron chi connectivity index (χ2n) is 9.09. The molecule has 35 heavy (non-hydrogen) atoms. The van der Waals surface area contributed by atoms with Gasteiger partial charge in [0.1, 0.15) is 17.2 Å². The Morgan fingerprint density at radius 3 is 2.54 bits per heavy atom. The summed E-state index contributed by atoms with van der Waals surface area (Å²) in [7, 11) is 3.29. The molecule has 5 rings (SSSR count). The molecule has 0 N–H and O–H groups in total. The number of methoxy groups -OCH3 is 2. The average molecular weight is 473 g/mol. The van der Waals surface area contributed by atoms with Gasteiger partial charge in [-0.05, 0) is 37.1 Å². The third-order valence-corrected chi connectivity index (χ3v) is 6.83. The topological polar surface area (TPSA) is 59.8 Å². The van der Waals surface area contributed by atoms with Gasteiger partial charge in [-0.25, -0.2) is 4.68 Å². The van der Waals surface area contributed by atoms with Gasteiger partial charge in [-0.15, -0.1) is 6.58 Å². The Hall–Kier alpha value is -3.58. The van der Waals surface area contributed by atoms with Gasteiger partial charge < -0.3 is 14.4 Å². The van der Waals surface area contributed by atoms with Crippen LogP contribution >= 0.6 is 0 Å². The van der Waals surface area contributed by atoms with Gasteiger partial charge in [0.2, 0.25) is 0 Å². The molecule has 0 radical (unpaired) electrons. The third kappa shape index (κ3) is 4.56. The number of hydrogen-bond donors (Lipinski definition) is 0. The molecule has 0 saturated heterocycles. The second kappa shape index (κ2) is 9.96. The van der Waals surface area contributed by atoms with Crippen molar-refractivity contribution in [3.05, 3.63) is 83.7 Å². The summed E-state index contributed by atoms with van der Waals surface area (Å²) in [4.78, 5) is 18.0. The first-order valence-electron chi connectivity index (χ1n) is 12.1. The van der Waals surface area contributed by atoms with Gasteiger partial charge in [0.25, 0.3) is 5.91 Å². The lowest BCUT2D eigenvalue weighted by Crippen LogP contribution is -2.34. The van der Waals surface area contributed by atoms with E-state index < -0.39 is 0 Å². The standard InChI is InChI=1S/C28H32N4O3/c1-4-16-30-17-15-24-22(18-30)23(29-32(24)25-10-6-8-12-27(25)35-3)19-31(20-13-14-20)28(33)21-9-5-7-11-26(21)34-2/h4-12,20H,1,13-19H2,2-3H3. The van der Waals surface area contributed by atoms with Gasteiger partial charge in [-0.2, -0.15) is 5.10 Å². The minimum Gasteiger partial charge on any atom is -0.496 e. The van der Waals surface area contributed by atoms with Gasteiger partial charge in [-0.3, -0.25) is 9.69 Å². The van der Waals surface area contributed by atoms with Crippen LogP contribution in [0, 0.1) is 0 Å². The number of fused-ring (bicyclic) bond motifs is 1. The number of benzene rings is 2. The molecule has 7 nitrogen and oxygen atoms in total. The summed E-state index contributed by atoms with van der Waals surface area (Å²) in [5, 5.41) is 5.09. The van der Waals surface area contributed by atoms with Gasteiger partial charge in [-0.1, -0.05) is 30.3 Å². The number of aromatic nitrogens is 2. The van der Waals surface area contributed by atoms with Gasteiger partial charge >= 0.3 is 0 Å². The molecule has 0 spiro atoms. The van der Waals surface area contributed by atoms with Crippen molar-refractivity contribution < 1.29 is 14.3 Å². The van der Waals surface area contributed by atoms with Crippen LogP contribution in [-0.2, 0) is 19.5 Å². The van der Waals surface area contributed by atoms with E-state index in [1.54, 1.807) is 14.2 Å². The molecule has 0 bridgehead atoms. The minimum atomic E-state index is -0.00991. The molecule has 1 aliphatic heterocycles. The Kier molecular flexibility index (Phi) is 6.59. The van der Waals surface area contributed by atoms with E-state index in [4.69, 9.17) is 14.6 Å². The van der Waals surface area contributed by atoms with E-state index in [0.717, 1.165) is 56.0 Å². The first kappa shape index (κ1) is 23.2. The first-order chi connectivity index (χ1) is 17.1. The zero-order valence-corrected chi connectivity index (χ0v) is 20.4. The highest BCUT2D eigenvalue weighted by Crippen LogP contribution is 2.34. The minimum absolute atomic E-state index is 0.00991. The van der Waals surface area contributed by atoms with Gasteiger partial charge in [0, 0.05) is 37.7 Å². The number of para-hydroxylation sites is 3. The van der Waals surface area contributed by atoms with E-state index in [2.05, 4.69) is 11.5 Å². The summed E-state index contributed by atoms with van der Waals surface area (Å²) in [5.41, 5.74) is 4.83. The van der Waals surface area contributed by atoms with Crippen molar-refractivity contribution >= 4 is 5.91 Å². The summed E-state index contributed by atoms with van der Waals surface area (Å²) < 4.78 is 13.2. The normalized spacial score (nSPS) is 15.4. The van der Waals surface area contributed by atoms with Crippen molar-refractivity contribution in [1.29, 1.82) is 0 Å². The molecule has 7 heteroatoms. The summed E-state index contributed by atoms with van der Waals surface area (Å²) in [6.07, 6.45) is 4.84. The molecule has 2 aliphatic rings. The SMILES string of the molecule is C=CCN1CCc2c(c(CN(C(=O)c3ccccc3OC)C3CC3)nn2-c2ccccc2OC)C1. The number of carbonyl (C=O) groups is 1. The Labute approximate surface area is 206 Å². The number of nitrogens with zero attached hydrogens (tertiary/aromatic N) is 4. The lowest BCUT2D eigenvalue weighted by atomic mass is 10.0. The number of carbonyl (C=O) groups excluding carboxylic acids is 1. The Balaban J connectivity index is 1.55. The lowest BCUT2D eigenvalue weighted by Gasteiger charge is -2.28. The lowest BCUT2D eigenvalue weighted by molar-refractivity contribution is 0.0723. The van der Waals surface area contributed by atoms with Crippen LogP contribution in [0.25, 0.3) is 5.69 Å². The maximum Gasteiger partial charge on any atom is 0.258 e. The van der Waals surface area contributed by atoms with E-state index >= 15 is 0 Å². The van der Waals surface area contributed by atoms with Crippen molar-refractivity contribution in [3.8, 4) is 17.2 Å². The Morgan fingerprint density at radius 2 is 1.83 bits per heavy atom. The van der Waals surface area contributed by atoms with Crippen molar-refractivity contribution in [3.63, 3.8) is 0 Å². The Morgan fingerprint density at radius 1 is 1.11 bits per heavy atom. The number of hydrogen-bond acceptors (Lipinski definition) is 5. The van der Waals surface area contributed by atoms with E-state index in [9.17, 15) is 4.79 Å². The molecule has 2 aromatic carbocycles. The zero-order valence-electron chi connectivity index (χ0n) is 20.4. The molecule has 1 fully saturated rings. The molecule has 182 valence electrons. The highest BCUT2D eigenvalue weighted by atomic mass is 16.5.